The summed E-state index contributed by atoms with van der Waals surface area (Å²) in [6.45, 7) is 1.62. The minimum atomic E-state index is -0.884. The van der Waals surface area contributed by atoms with Crippen LogP contribution in [0.4, 0.5) is 4.39 Å². The number of hydrogen-bond donors (Lipinski definition) is 2. The van der Waals surface area contributed by atoms with E-state index in [0.717, 1.165) is 28.8 Å². The molecule has 0 aliphatic carbocycles. The van der Waals surface area contributed by atoms with E-state index in [-0.39, 0.29) is 12.3 Å². The number of amides is 1. The van der Waals surface area contributed by atoms with Gasteiger partial charge in [-0.05, 0) is 53.7 Å². The third kappa shape index (κ3) is 4.58. The molecular weight excluding hydrogens is 471 g/mol. The molecule has 2 aromatic carbocycles. The van der Waals surface area contributed by atoms with E-state index in [1.807, 2.05) is 24.3 Å². The molecular formula is C25H23FN4O4S. The lowest BCUT2D eigenvalue weighted by atomic mass is 10.0. The topological polar surface area (TPSA) is 109 Å². The number of rotatable bonds is 5. The van der Waals surface area contributed by atoms with E-state index in [1.54, 1.807) is 19.2 Å². The van der Waals surface area contributed by atoms with Gasteiger partial charge in [-0.2, -0.15) is 5.26 Å². The number of nitriles is 1. The first kappa shape index (κ1) is 23.2. The number of aromatic nitrogens is 1. The monoisotopic (exact) mass is 494 g/mol. The quantitative estimate of drug-likeness (QED) is 0.441. The number of halogens is 1. The summed E-state index contributed by atoms with van der Waals surface area (Å²) in [5.74, 6) is -1.22. The first-order valence-electron chi connectivity index (χ1n) is 11.3. The van der Waals surface area contributed by atoms with Crippen LogP contribution >= 0.6 is 11.3 Å². The van der Waals surface area contributed by atoms with Gasteiger partial charge in [0.25, 0.3) is 5.91 Å². The van der Waals surface area contributed by atoms with Gasteiger partial charge in [0.05, 0.1) is 16.3 Å². The van der Waals surface area contributed by atoms with Crippen molar-refractivity contribution in [2.75, 3.05) is 19.7 Å². The van der Waals surface area contributed by atoms with Crippen LogP contribution in [0.3, 0.4) is 0 Å². The zero-order chi connectivity index (χ0) is 24.5. The van der Waals surface area contributed by atoms with Crippen LogP contribution in [-0.2, 0) is 23.0 Å². The van der Waals surface area contributed by atoms with Crippen LogP contribution in [0.5, 0.6) is 0 Å². The number of aryl methyl sites for hydroxylation is 1. The number of nitrogens with one attached hydrogen (secondary N) is 2. The maximum absolute atomic E-state index is 15.5. The number of nitrogens with zero attached hydrogens (tertiary/aromatic N) is 2. The van der Waals surface area contributed by atoms with Gasteiger partial charge in [0, 0.05) is 31.5 Å². The molecule has 1 saturated heterocycles. The predicted octanol–water partition coefficient (Wildman–Crippen LogP) is 3.08. The van der Waals surface area contributed by atoms with Gasteiger partial charge in [-0.3, -0.25) is 9.36 Å². The van der Waals surface area contributed by atoms with E-state index < -0.39 is 23.7 Å². The minimum absolute atomic E-state index is 0.0421. The molecule has 0 saturated carbocycles. The Hall–Kier alpha value is -3.52. The van der Waals surface area contributed by atoms with E-state index in [9.17, 15) is 14.9 Å². The maximum atomic E-state index is 15.5. The molecule has 0 spiro atoms. The molecule has 10 heteroatoms. The van der Waals surface area contributed by atoms with Crippen molar-refractivity contribution in [3.63, 3.8) is 0 Å². The fraction of sp³-hybridized carbons (Fsp3) is 0.320. The summed E-state index contributed by atoms with van der Waals surface area (Å²) >= 11 is 1.29. The van der Waals surface area contributed by atoms with Gasteiger partial charge in [0.2, 0.25) is 0 Å². The summed E-state index contributed by atoms with van der Waals surface area (Å²) in [4.78, 5) is 25.2. The second kappa shape index (κ2) is 9.62. The van der Waals surface area contributed by atoms with Gasteiger partial charge in [0.1, 0.15) is 18.0 Å². The fourth-order valence-corrected chi connectivity index (χ4v) is 5.30. The Morgan fingerprint density at radius 2 is 2.23 bits per heavy atom. The summed E-state index contributed by atoms with van der Waals surface area (Å²) in [6, 6.07) is 11.9. The number of carbonyl (C=O) groups is 1. The fourth-order valence-electron chi connectivity index (χ4n) is 4.19. The Bertz CT molecular complexity index is 1510. The van der Waals surface area contributed by atoms with Crippen LogP contribution in [0, 0.1) is 17.1 Å². The van der Waals surface area contributed by atoms with Crippen LogP contribution < -0.4 is 16.4 Å². The lowest BCUT2D eigenvalue weighted by Gasteiger charge is -2.18. The van der Waals surface area contributed by atoms with Crippen molar-refractivity contribution in [1.82, 2.24) is 15.2 Å². The van der Waals surface area contributed by atoms with E-state index in [2.05, 4.69) is 16.7 Å². The Morgan fingerprint density at radius 3 is 3.06 bits per heavy atom. The Labute approximate surface area is 203 Å². The molecule has 1 aliphatic rings. The second-order valence-corrected chi connectivity index (χ2v) is 9.54. The zero-order valence-electron chi connectivity index (χ0n) is 19.0. The molecule has 1 unspecified atom stereocenters. The standard InChI is InChI=1S/C25H23FN4O4S/c1-30-18-10-14(5-6-19(18)34-25(30)32)21-11-16-4-3-15(22(26)23(16)35-21)9-17(12-27)29-24(31)20-13-28-7-2-8-33-20/h3-6,10-11,17,20,28H,2,7-9,13H2,1H3,(H,29,31)/t17?,20-/m0/s1. The zero-order valence-corrected chi connectivity index (χ0v) is 19.8. The molecule has 8 nitrogen and oxygen atoms in total. The first-order chi connectivity index (χ1) is 16.9. The molecule has 2 N–H and O–H groups in total. The highest BCUT2D eigenvalue weighted by Gasteiger charge is 2.24. The molecule has 5 rings (SSSR count). The molecule has 180 valence electrons. The highest BCUT2D eigenvalue weighted by Crippen LogP contribution is 2.37. The van der Waals surface area contributed by atoms with Crippen LogP contribution in [0.25, 0.3) is 31.6 Å². The van der Waals surface area contributed by atoms with Gasteiger partial charge in [-0.25, -0.2) is 9.18 Å². The van der Waals surface area contributed by atoms with Crippen LogP contribution in [0.2, 0.25) is 0 Å². The Morgan fingerprint density at radius 1 is 1.37 bits per heavy atom. The number of benzene rings is 2. The van der Waals surface area contributed by atoms with Crippen LogP contribution in [-0.4, -0.2) is 42.3 Å². The molecule has 1 aliphatic heterocycles. The van der Waals surface area contributed by atoms with E-state index in [0.29, 0.717) is 34.5 Å². The van der Waals surface area contributed by atoms with Crippen LogP contribution in [0.15, 0.2) is 45.6 Å². The molecule has 1 fully saturated rings. The molecule has 2 atom stereocenters. The van der Waals surface area contributed by atoms with Crippen molar-refractivity contribution in [2.24, 2.45) is 7.05 Å². The normalized spacial score (nSPS) is 17.2. The van der Waals surface area contributed by atoms with Gasteiger partial charge < -0.3 is 19.8 Å². The number of ether oxygens (including phenoxy) is 1. The number of hydrogen-bond acceptors (Lipinski definition) is 7. The summed E-state index contributed by atoms with van der Waals surface area (Å²) < 4.78 is 28.1. The molecule has 3 heterocycles. The third-order valence-corrected chi connectivity index (χ3v) is 7.31. The lowest BCUT2D eigenvalue weighted by Crippen LogP contribution is -2.46. The summed E-state index contributed by atoms with van der Waals surface area (Å²) in [5, 5.41) is 16.1. The smallest absolute Gasteiger partial charge is 0.408 e. The van der Waals surface area contributed by atoms with E-state index in [4.69, 9.17) is 9.15 Å². The average molecular weight is 495 g/mol. The number of oxazole rings is 1. The summed E-state index contributed by atoms with van der Waals surface area (Å²) in [6.07, 6.45) is 0.182. The van der Waals surface area contributed by atoms with Gasteiger partial charge in [0.15, 0.2) is 5.58 Å². The predicted molar refractivity (Wildman–Crippen MR) is 131 cm³/mol. The molecule has 0 bridgehead atoms. The number of fused-ring (bicyclic) bond motifs is 2. The van der Waals surface area contributed by atoms with Crippen molar-refractivity contribution in [3.8, 4) is 16.5 Å². The van der Waals surface area contributed by atoms with E-state index >= 15 is 4.39 Å². The van der Waals surface area contributed by atoms with Crippen LogP contribution in [0.1, 0.15) is 12.0 Å². The molecule has 2 aromatic heterocycles. The maximum Gasteiger partial charge on any atom is 0.419 e. The van der Waals surface area contributed by atoms with Crippen molar-refractivity contribution in [3.05, 3.63) is 58.3 Å². The first-order valence-corrected chi connectivity index (χ1v) is 12.1. The lowest BCUT2D eigenvalue weighted by molar-refractivity contribution is -0.132. The highest BCUT2D eigenvalue weighted by molar-refractivity contribution is 7.22. The third-order valence-electron chi connectivity index (χ3n) is 6.12. The largest absolute Gasteiger partial charge is 0.419 e. The Balaban J connectivity index is 1.38. The van der Waals surface area contributed by atoms with Gasteiger partial charge in [-0.15, -0.1) is 11.3 Å². The summed E-state index contributed by atoms with van der Waals surface area (Å²) in [7, 11) is 1.64. The van der Waals surface area contributed by atoms with Crippen molar-refractivity contribution < 1.29 is 18.3 Å². The highest BCUT2D eigenvalue weighted by atomic mass is 32.1. The molecule has 35 heavy (non-hydrogen) atoms. The molecule has 1 amide bonds. The average Bonchev–Trinajstić information content (AvgIpc) is 3.28. The molecule has 4 aromatic rings. The summed E-state index contributed by atoms with van der Waals surface area (Å²) in [5.41, 5.74) is 2.34. The Kier molecular flexibility index (Phi) is 6.38. The van der Waals surface area contributed by atoms with Gasteiger partial charge >= 0.3 is 5.76 Å². The minimum Gasteiger partial charge on any atom is -0.408 e. The van der Waals surface area contributed by atoms with Crippen molar-refractivity contribution >= 4 is 38.4 Å². The van der Waals surface area contributed by atoms with Crippen molar-refractivity contribution in [1.29, 1.82) is 5.26 Å². The van der Waals surface area contributed by atoms with Crippen molar-refractivity contribution in [2.45, 2.75) is 25.0 Å². The van der Waals surface area contributed by atoms with Gasteiger partial charge in [-0.1, -0.05) is 12.1 Å². The van der Waals surface area contributed by atoms with E-state index in [1.165, 1.54) is 15.9 Å². The molecule has 0 radical (unpaired) electrons. The SMILES string of the molecule is Cn1c(=O)oc2ccc(-c3cc4ccc(CC(C#N)NC(=O)[C@@H]5CNCCCO5)c(F)c4s3)cc21. The number of thiophene rings is 1. The second-order valence-electron chi connectivity index (χ2n) is 8.49. The number of carbonyl (C=O) groups excluding carboxylic acids is 1.